The summed E-state index contributed by atoms with van der Waals surface area (Å²) in [4.78, 5) is 40.7. The number of nitrogens with one attached hydrogen (secondary N) is 1. The molecule has 2 aromatic rings. The molecule has 7 nitrogen and oxygen atoms in total. The summed E-state index contributed by atoms with van der Waals surface area (Å²) in [6, 6.07) is 11.4. The first-order valence-electron chi connectivity index (χ1n) is 9.08. The van der Waals surface area contributed by atoms with Gasteiger partial charge in [-0.1, -0.05) is 29.8 Å². The molecule has 0 saturated carbocycles. The highest BCUT2D eigenvalue weighted by Crippen LogP contribution is 2.29. The van der Waals surface area contributed by atoms with Gasteiger partial charge in [-0.05, 0) is 43.8 Å². The lowest BCUT2D eigenvalue weighted by atomic mass is 10.2. The first-order chi connectivity index (χ1) is 13.8. The number of carbonyl (C=O) groups is 3. The molecular weight excluding hydrogens is 394 g/mol. The quantitative estimate of drug-likeness (QED) is 0.734. The van der Waals surface area contributed by atoms with Gasteiger partial charge in [-0.25, -0.2) is 4.90 Å². The molecule has 8 heteroatoms. The number of rotatable bonds is 6. The number of likely N-dealkylation sites (N-methyl/N-ethyl adjacent to an activating group) is 1. The van der Waals surface area contributed by atoms with Crippen LogP contribution in [0.3, 0.4) is 0 Å². The van der Waals surface area contributed by atoms with Gasteiger partial charge >= 0.3 is 0 Å². The average Bonchev–Trinajstić information content (AvgIpc) is 2.97. The van der Waals surface area contributed by atoms with E-state index in [9.17, 15) is 14.4 Å². The van der Waals surface area contributed by atoms with Crippen LogP contribution in [0.25, 0.3) is 0 Å². The molecule has 1 atom stereocenters. The van der Waals surface area contributed by atoms with Crippen molar-refractivity contribution in [2.24, 2.45) is 0 Å². The summed E-state index contributed by atoms with van der Waals surface area (Å²) >= 11 is 5.98. The maximum absolute atomic E-state index is 12.9. The van der Waals surface area contributed by atoms with Crippen molar-refractivity contribution in [3.05, 3.63) is 53.1 Å². The molecule has 1 saturated heterocycles. The maximum atomic E-state index is 12.9. The van der Waals surface area contributed by atoms with Crippen molar-refractivity contribution in [1.82, 2.24) is 4.90 Å². The molecule has 2 aromatic carbocycles. The van der Waals surface area contributed by atoms with Crippen molar-refractivity contribution in [3.8, 4) is 5.75 Å². The van der Waals surface area contributed by atoms with E-state index in [0.717, 1.165) is 5.56 Å². The van der Waals surface area contributed by atoms with E-state index >= 15 is 0 Å². The molecule has 3 amide bonds. The third-order valence-corrected chi connectivity index (χ3v) is 5.07. The van der Waals surface area contributed by atoms with Crippen LogP contribution in [0.2, 0.25) is 5.02 Å². The van der Waals surface area contributed by atoms with Crippen molar-refractivity contribution >= 4 is 40.7 Å². The zero-order valence-corrected chi connectivity index (χ0v) is 17.2. The van der Waals surface area contributed by atoms with Crippen LogP contribution in [0, 0.1) is 6.92 Å². The Balaban J connectivity index is 1.70. The highest BCUT2D eigenvalue weighted by atomic mass is 35.5. The molecule has 1 N–H and O–H groups in total. The molecule has 0 bridgehead atoms. The van der Waals surface area contributed by atoms with Crippen LogP contribution in [-0.4, -0.2) is 49.4 Å². The Hall–Kier alpha value is -2.90. The van der Waals surface area contributed by atoms with E-state index in [4.69, 9.17) is 16.3 Å². The molecule has 152 valence electrons. The summed E-state index contributed by atoms with van der Waals surface area (Å²) in [6.45, 7) is 1.78. The van der Waals surface area contributed by atoms with Crippen LogP contribution in [0.1, 0.15) is 12.0 Å². The fourth-order valence-corrected chi connectivity index (χ4v) is 3.50. The van der Waals surface area contributed by atoms with Gasteiger partial charge in [0.1, 0.15) is 5.75 Å². The maximum Gasteiger partial charge on any atom is 0.251 e. The summed E-state index contributed by atoms with van der Waals surface area (Å²) in [7, 11) is 3.14. The molecule has 1 aliphatic rings. The molecule has 1 fully saturated rings. The minimum Gasteiger partial charge on any atom is -0.495 e. The molecule has 1 heterocycles. The average molecular weight is 416 g/mol. The number of halogens is 1. The molecule has 3 rings (SSSR count). The van der Waals surface area contributed by atoms with Crippen LogP contribution in [0.5, 0.6) is 5.75 Å². The summed E-state index contributed by atoms with van der Waals surface area (Å²) in [5.74, 6) is -0.482. The Bertz CT molecular complexity index is 963. The fraction of sp³-hybridized carbons (Fsp3) is 0.286. The zero-order chi connectivity index (χ0) is 21.1. The lowest BCUT2D eigenvalue weighted by Gasteiger charge is -2.23. The number of ether oxygens (including phenoxy) is 1. The number of imide groups is 1. The van der Waals surface area contributed by atoms with Crippen LogP contribution >= 0.6 is 11.6 Å². The van der Waals surface area contributed by atoms with Gasteiger partial charge in [0.25, 0.3) is 5.91 Å². The van der Waals surface area contributed by atoms with Gasteiger partial charge in [0.2, 0.25) is 11.8 Å². The van der Waals surface area contributed by atoms with Crippen molar-refractivity contribution in [2.75, 3.05) is 30.9 Å². The number of methoxy groups -OCH3 is 1. The Morgan fingerprint density at radius 1 is 1.28 bits per heavy atom. The van der Waals surface area contributed by atoms with Gasteiger partial charge in [0, 0.05) is 5.02 Å². The van der Waals surface area contributed by atoms with E-state index in [2.05, 4.69) is 5.32 Å². The summed E-state index contributed by atoms with van der Waals surface area (Å²) in [5, 5.41) is 3.19. The van der Waals surface area contributed by atoms with Gasteiger partial charge in [-0.2, -0.15) is 0 Å². The number of nitrogens with zero attached hydrogens (tertiary/aromatic N) is 2. The monoisotopic (exact) mass is 415 g/mol. The summed E-state index contributed by atoms with van der Waals surface area (Å²) in [6.07, 6.45) is 0.0252. The third kappa shape index (κ3) is 4.41. The van der Waals surface area contributed by atoms with Gasteiger partial charge in [0.15, 0.2) is 0 Å². The minimum atomic E-state index is -0.700. The number of para-hydroxylation sites is 1. The Morgan fingerprint density at radius 3 is 2.69 bits per heavy atom. The second kappa shape index (κ2) is 8.63. The Morgan fingerprint density at radius 2 is 2.00 bits per heavy atom. The highest BCUT2D eigenvalue weighted by molar-refractivity contribution is 6.31. The number of anilines is 2. The zero-order valence-electron chi connectivity index (χ0n) is 16.4. The smallest absolute Gasteiger partial charge is 0.251 e. The molecule has 1 unspecified atom stereocenters. The molecule has 0 radical (unpaired) electrons. The van der Waals surface area contributed by atoms with E-state index in [-0.39, 0.29) is 30.7 Å². The highest BCUT2D eigenvalue weighted by Gasteiger charge is 2.42. The fourth-order valence-electron chi connectivity index (χ4n) is 3.33. The molecule has 0 aliphatic carbocycles. The van der Waals surface area contributed by atoms with Crippen LogP contribution in [0.15, 0.2) is 42.5 Å². The van der Waals surface area contributed by atoms with E-state index in [1.54, 1.807) is 42.3 Å². The number of hydrogen-bond acceptors (Lipinski definition) is 5. The summed E-state index contributed by atoms with van der Waals surface area (Å²) in [5.41, 5.74) is 1.85. The van der Waals surface area contributed by atoms with Crippen molar-refractivity contribution in [3.63, 3.8) is 0 Å². The predicted octanol–water partition coefficient (Wildman–Crippen LogP) is 2.86. The lowest BCUT2D eigenvalue weighted by molar-refractivity contribution is -0.123. The van der Waals surface area contributed by atoms with Crippen LogP contribution in [-0.2, 0) is 14.4 Å². The van der Waals surface area contributed by atoms with E-state index in [1.807, 2.05) is 19.1 Å². The van der Waals surface area contributed by atoms with Crippen LogP contribution in [0.4, 0.5) is 11.4 Å². The number of hydrogen-bond donors (Lipinski definition) is 1. The van der Waals surface area contributed by atoms with E-state index in [0.29, 0.717) is 22.1 Å². The number of carbonyl (C=O) groups excluding carboxylic acids is 3. The first kappa shape index (κ1) is 20.8. The van der Waals surface area contributed by atoms with Gasteiger partial charge in [-0.15, -0.1) is 0 Å². The molecular formula is C21H22ClN3O4. The van der Waals surface area contributed by atoms with Gasteiger partial charge < -0.3 is 10.1 Å². The molecule has 29 heavy (non-hydrogen) atoms. The Kier molecular flexibility index (Phi) is 6.20. The van der Waals surface area contributed by atoms with Crippen LogP contribution < -0.4 is 15.0 Å². The number of amides is 3. The predicted molar refractivity (Wildman–Crippen MR) is 111 cm³/mol. The molecule has 1 aliphatic heterocycles. The topological polar surface area (TPSA) is 79.0 Å². The SMILES string of the molecule is COc1ccc(Cl)cc1NC(=O)CN(C)C1CC(=O)N(c2ccccc2C)C1=O. The Labute approximate surface area is 174 Å². The van der Waals surface area contributed by atoms with Crippen molar-refractivity contribution in [1.29, 1.82) is 0 Å². The van der Waals surface area contributed by atoms with Crippen molar-refractivity contribution < 1.29 is 19.1 Å². The molecule has 0 spiro atoms. The van der Waals surface area contributed by atoms with Crippen molar-refractivity contribution in [2.45, 2.75) is 19.4 Å². The summed E-state index contributed by atoms with van der Waals surface area (Å²) < 4.78 is 5.22. The standard InChI is InChI=1S/C21H22ClN3O4/c1-13-6-4-5-7-16(13)25-20(27)11-17(21(25)28)24(2)12-19(26)23-15-10-14(22)8-9-18(15)29-3/h4-10,17H,11-12H2,1-3H3,(H,23,26). The largest absolute Gasteiger partial charge is 0.495 e. The van der Waals surface area contributed by atoms with Gasteiger partial charge in [-0.3, -0.25) is 19.3 Å². The second-order valence-corrected chi connectivity index (χ2v) is 7.32. The number of aryl methyl sites for hydroxylation is 1. The van der Waals surface area contributed by atoms with E-state index < -0.39 is 6.04 Å². The lowest BCUT2D eigenvalue weighted by Crippen LogP contribution is -2.43. The molecule has 0 aromatic heterocycles. The first-order valence-corrected chi connectivity index (χ1v) is 9.45. The minimum absolute atomic E-state index is 0.0252. The number of benzene rings is 2. The second-order valence-electron chi connectivity index (χ2n) is 6.88. The normalized spacial score (nSPS) is 16.4. The van der Waals surface area contributed by atoms with Gasteiger partial charge in [0.05, 0.1) is 37.5 Å². The van der Waals surface area contributed by atoms with E-state index in [1.165, 1.54) is 12.0 Å². The third-order valence-electron chi connectivity index (χ3n) is 4.84.